The van der Waals surface area contributed by atoms with Gasteiger partial charge in [0.15, 0.2) is 0 Å². The molecule has 16 heteroatoms. The molecule has 0 atom stereocenters. The first kappa shape index (κ1) is 54.7. The van der Waals surface area contributed by atoms with Crippen molar-refractivity contribution in [1.29, 1.82) is 0 Å². The predicted octanol–water partition coefficient (Wildman–Crippen LogP) is 12.2. The maximum Gasteiger partial charge on any atom is 0.215 e. The van der Waals surface area contributed by atoms with Gasteiger partial charge in [-0.2, -0.15) is 13.2 Å². The summed E-state index contributed by atoms with van der Waals surface area (Å²) in [6.07, 6.45) is 12.9. The molecule has 0 saturated carbocycles. The zero-order valence-electron chi connectivity index (χ0n) is 36.5. The SMILES string of the molecule is Cc1cc(F)ccn1.Cc1ccc(F)cn1.Cc1ccc(F)nc1.Cc1cccc(F)n1.Cc1cccnc1F.Cc1cncc(F)c1.Cc1cnccc1F.Cc1ncccc1F. The first-order valence-corrected chi connectivity index (χ1v) is 19.0. The molecule has 0 radical (unpaired) electrons. The average molecular weight is 889 g/mol. The Balaban J connectivity index is 0.000000366. The van der Waals surface area contributed by atoms with Gasteiger partial charge in [-0.25, -0.2) is 36.9 Å². The van der Waals surface area contributed by atoms with Crippen LogP contribution in [0.1, 0.15) is 45.0 Å². The van der Waals surface area contributed by atoms with Gasteiger partial charge >= 0.3 is 0 Å². The van der Waals surface area contributed by atoms with Gasteiger partial charge < -0.3 is 0 Å². The van der Waals surface area contributed by atoms with Gasteiger partial charge in [-0.05, 0) is 139 Å². The highest BCUT2D eigenvalue weighted by molar-refractivity contribution is 5.10. The monoisotopic (exact) mass is 888 g/mol. The second-order valence-electron chi connectivity index (χ2n) is 13.0. The third kappa shape index (κ3) is 27.5. The van der Waals surface area contributed by atoms with Gasteiger partial charge in [-0.15, -0.1) is 0 Å². The van der Waals surface area contributed by atoms with Gasteiger partial charge in [0.1, 0.15) is 29.1 Å². The maximum atomic E-state index is 12.3. The minimum Gasteiger partial charge on any atom is -0.264 e. The van der Waals surface area contributed by atoms with Gasteiger partial charge in [0.25, 0.3) is 0 Å². The zero-order chi connectivity index (χ0) is 47.9. The molecule has 8 rings (SSSR count). The van der Waals surface area contributed by atoms with Crippen LogP contribution in [0.5, 0.6) is 0 Å². The van der Waals surface area contributed by atoms with Crippen molar-refractivity contribution in [3.05, 3.63) is 239 Å². The second kappa shape index (κ2) is 31.5. The van der Waals surface area contributed by atoms with Crippen LogP contribution < -0.4 is 0 Å². The van der Waals surface area contributed by atoms with Gasteiger partial charge in [0.2, 0.25) is 17.8 Å². The molecule has 0 aliphatic rings. The van der Waals surface area contributed by atoms with Crippen molar-refractivity contribution in [1.82, 2.24) is 39.9 Å². The lowest BCUT2D eigenvalue weighted by molar-refractivity contribution is 0.574. The van der Waals surface area contributed by atoms with Crippen LogP contribution in [0.3, 0.4) is 0 Å². The van der Waals surface area contributed by atoms with Gasteiger partial charge in [-0.1, -0.05) is 18.2 Å². The summed E-state index contributed by atoms with van der Waals surface area (Å²) in [6, 6.07) is 22.6. The summed E-state index contributed by atoms with van der Waals surface area (Å²) in [5.41, 5.74) is 5.73. The summed E-state index contributed by atoms with van der Waals surface area (Å²) in [5, 5.41) is 0. The molecule has 8 aromatic heterocycles. The number of pyridine rings is 8. The average Bonchev–Trinajstić information content (AvgIpc) is 3.25. The topological polar surface area (TPSA) is 103 Å². The van der Waals surface area contributed by atoms with Crippen molar-refractivity contribution in [2.45, 2.75) is 55.4 Å². The zero-order valence-corrected chi connectivity index (χ0v) is 36.5. The molecule has 64 heavy (non-hydrogen) atoms. The Morgan fingerprint density at radius 3 is 1.45 bits per heavy atom. The van der Waals surface area contributed by atoms with E-state index >= 15 is 0 Å². The molecule has 0 amide bonds. The van der Waals surface area contributed by atoms with E-state index in [1.54, 1.807) is 96.4 Å². The summed E-state index contributed by atoms with van der Waals surface area (Å²) < 4.78 is 97.0. The van der Waals surface area contributed by atoms with E-state index in [0.29, 0.717) is 28.2 Å². The van der Waals surface area contributed by atoms with E-state index in [4.69, 9.17) is 0 Å². The minimum absolute atomic E-state index is 0.194. The molecule has 0 saturated heterocycles. The first-order valence-electron chi connectivity index (χ1n) is 19.0. The highest BCUT2D eigenvalue weighted by Gasteiger charge is 1.93. The molecule has 0 bridgehead atoms. The fourth-order valence-electron chi connectivity index (χ4n) is 3.83. The van der Waals surface area contributed by atoms with E-state index in [1.165, 1.54) is 91.9 Å². The lowest BCUT2D eigenvalue weighted by Gasteiger charge is -1.88. The summed E-state index contributed by atoms with van der Waals surface area (Å²) in [7, 11) is 0. The molecule has 0 aromatic carbocycles. The van der Waals surface area contributed by atoms with Crippen molar-refractivity contribution in [2.24, 2.45) is 0 Å². The molecule has 0 spiro atoms. The highest BCUT2D eigenvalue weighted by atomic mass is 19.2. The van der Waals surface area contributed by atoms with E-state index in [-0.39, 0.29) is 35.0 Å². The number of hydrogen-bond donors (Lipinski definition) is 0. The molecular formula is C48H48F8N8. The van der Waals surface area contributed by atoms with Crippen LogP contribution in [0, 0.1) is 102 Å². The molecule has 0 aliphatic carbocycles. The Labute approximate surface area is 368 Å². The molecule has 0 N–H and O–H groups in total. The van der Waals surface area contributed by atoms with Crippen molar-refractivity contribution < 1.29 is 35.1 Å². The van der Waals surface area contributed by atoms with E-state index in [0.717, 1.165) is 16.8 Å². The van der Waals surface area contributed by atoms with E-state index in [1.807, 2.05) is 13.8 Å². The molecule has 336 valence electrons. The first-order chi connectivity index (χ1) is 30.4. The molecule has 0 aliphatic heterocycles. The predicted molar refractivity (Wildman–Crippen MR) is 231 cm³/mol. The van der Waals surface area contributed by atoms with Gasteiger partial charge in [0.05, 0.1) is 18.1 Å². The number of aryl methyl sites for hydroxylation is 8. The van der Waals surface area contributed by atoms with Crippen LogP contribution in [0.25, 0.3) is 0 Å². The Bertz CT molecular complexity index is 2090. The molecule has 8 aromatic rings. The highest BCUT2D eigenvalue weighted by Crippen LogP contribution is 2.02. The molecule has 0 fully saturated rings. The number of nitrogens with zero attached hydrogens (tertiary/aromatic N) is 8. The quantitative estimate of drug-likeness (QED) is 0.110. The summed E-state index contributed by atoms with van der Waals surface area (Å²) in [6.45, 7) is 14.0. The normalized spacial score (nSPS) is 9.25. The standard InChI is InChI=1S/8C6H6FN/c1-5-2-6(7)4-8-3-5;1-5-4-8-3-2-6(5)7;1-5-4-6(7)2-3-8-5;1-5-2-3-6(7)4-8-5;1-5-2-3-6(7)8-4-5;1-5-6(7)3-2-4-8-5;1-5-3-2-4-8-6(5)7;1-5-3-2-4-6(7)8-5/h8*2-4H,1H3. The van der Waals surface area contributed by atoms with Crippen LogP contribution in [0.4, 0.5) is 35.1 Å². The lowest BCUT2D eigenvalue weighted by Crippen LogP contribution is -1.83. The van der Waals surface area contributed by atoms with Gasteiger partial charge in [-0.3, -0.25) is 24.9 Å². The van der Waals surface area contributed by atoms with Gasteiger partial charge in [0, 0.05) is 71.6 Å². The number of rotatable bonds is 0. The fraction of sp³-hybridized carbons (Fsp3) is 0.167. The van der Waals surface area contributed by atoms with Crippen LogP contribution in [-0.2, 0) is 0 Å². The van der Waals surface area contributed by atoms with Crippen molar-refractivity contribution in [2.75, 3.05) is 0 Å². The van der Waals surface area contributed by atoms with Crippen molar-refractivity contribution >= 4 is 0 Å². The molecular weight excluding hydrogens is 841 g/mol. The molecule has 0 unspecified atom stereocenters. The van der Waals surface area contributed by atoms with Crippen LogP contribution in [0.15, 0.2) is 147 Å². The largest absolute Gasteiger partial charge is 0.264 e. The number of hydrogen-bond acceptors (Lipinski definition) is 8. The second-order valence-corrected chi connectivity index (χ2v) is 13.0. The number of aromatic nitrogens is 8. The summed E-state index contributed by atoms with van der Waals surface area (Å²) in [4.78, 5) is 28.9. The van der Waals surface area contributed by atoms with E-state index < -0.39 is 11.9 Å². The van der Waals surface area contributed by atoms with E-state index in [9.17, 15) is 35.1 Å². The Morgan fingerprint density at radius 2 is 1.08 bits per heavy atom. The Kier molecular flexibility index (Phi) is 26.9. The lowest BCUT2D eigenvalue weighted by atomic mass is 10.3. The summed E-state index contributed by atoms with van der Waals surface area (Å²) >= 11 is 0. The van der Waals surface area contributed by atoms with E-state index in [2.05, 4.69) is 39.9 Å². The molecule has 8 nitrogen and oxygen atoms in total. The van der Waals surface area contributed by atoms with Crippen molar-refractivity contribution in [3.8, 4) is 0 Å². The fourth-order valence-corrected chi connectivity index (χ4v) is 3.83. The maximum absolute atomic E-state index is 12.3. The van der Waals surface area contributed by atoms with Crippen LogP contribution >= 0.6 is 0 Å². The third-order valence-electron chi connectivity index (χ3n) is 7.15. The number of halogens is 8. The molecule has 8 heterocycles. The van der Waals surface area contributed by atoms with Crippen molar-refractivity contribution in [3.63, 3.8) is 0 Å². The summed E-state index contributed by atoms with van der Waals surface area (Å²) in [5.74, 6) is -2.43. The smallest absolute Gasteiger partial charge is 0.215 e. The Morgan fingerprint density at radius 1 is 0.359 bits per heavy atom. The minimum atomic E-state index is -0.421. The van der Waals surface area contributed by atoms with Crippen LogP contribution in [0.2, 0.25) is 0 Å². The third-order valence-corrected chi connectivity index (χ3v) is 7.15. The van der Waals surface area contributed by atoms with Crippen LogP contribution in [-0.4, -0.2) is 39.9 Å². The Hall–Kier alpha value is -7.36.